The van der Waals surface area contributed by atoms with E-state index in [0.29, 0.717) is 26.9 Å². The monoisotopic (exact) mass is 456 g/mol. The second-order valence-corrected chi connectivity index (χ2v) is 7.25. The van der Waals surface area contributed by atoms with Gasteiger partial charge in [0.15, 0.2) is 0 Å². The zero-order chi connectivity index (χ0) is 17.5. The minimum absolute atomic E-state index is 0.0286. The third-order valence-corrected chi connectivity index (χ3v) is 4.79. The summed E-state index contributed by atoms with van der Waals surface area (Å²) in [5, 5.41) is 0. The number of carbonyl (C=O) groups is 1. The molecule has 0 aliphatic rings. The van der Waals surface area contributed by atoms with Gasteiger partial charge >= 0.3 is 0 Å². The number of benzene rings is 2. The molecule has 0 spiro atoms. The van der Waals surface area contributed by atoms with Gasteiger partial charge in [0, 0.05) is 8.95 Å². The van der Waals surface area contributed by atoms with Crippen molar-refractivity contribution in [3.05, 3.63) is 62.3 Å². The highest BCUT2D eigenvalue weighted by Crippen LogP contribution is 2.30. The van der Waals surface area contributed by atoms with Crippen LogP contribution in [0.2, 0.25) is 0 Å². The van der Waals surface area contributed by atoms with E-state index in [-0.39, 0.29) is 5.56 Å². The fraction of sp³-hybridized carbons (Fsp3) is 0.316. The van der Waals surface area contributed by atoms with Crippen molar-refractivity contribution in [1.82, 2.24) is 0 Å². The van der Waals surface area contributed by atoms with Crippen LogP contribution in [0.15, 0.2) is 45.3 Å². The molecule has 0 fully saturated rings. The van der Waals surface area contributed by atoms with E-state index in [9.17, 15) is 9.18 Å². The largest absolute Gasteiger partial charge is 0.493 e. The standard InChI is InChI=1S/C19H19Br2FO2/c1-2-3-4-5-11-24-17-8-6-7-15(21)18(17)19(23)14-10-9-13(20)12-16(14)22/h6-10,12H,2-5,11H2,1H3. The van der Waals surface area contributed by atoms with Gasteiger partial charge in [-0.1, -0.05) is 48.2 Å². The molecule has 2 nitrogen and oxygen atoms in total. The van der Waals surface area contributed by atoms with Gasteiger partial charge in [0.05, 0.1) is 17.7 Å². The number of ketones is 1. The summed E-state index contributed by atoms with van der Waals surface area (Å²) in [5.41, 5.74) is 0.384. The van der Waals surface area contributed by atoms with Gasteiger partial charge in [0.25, 0.3) is 0 Å². The van der Waals surface area contributed by atoms with Crippen molar-refractivity contribution in [1.29, 1.82) is 0 Å². The third-order valence-electron chi connectivity index (χ3n) is 3.63. The van der Waals surface area contributed by atoms with Crippen LogP contribution in [0.3, 0.4) is 0 Å². The molecule has 24 heavy (non-hydrogen) atoms. The van der Waals surface area contributed by atoms with Crippen LogP contribution in [0.25, 0.3) is 0 Å². The number of unbranched alkanes of at least 4 members (excludes halogenated alkanes) is 3. The predicted octanol–water partition coefficient (Wildman–Crippen LogP) is 6.54. The molecular weight excluding hydrogens is 439 g/mol. The van der Waals surface area contributed by atoms with E-state index >= 15 is 0 Å². The van der Waals surface area contributed by atoms with Gasteiger partial charge in [-0.05, 0) is 52.7 Å². The summed E-state index contributed by atoms with van der Waals surface area (Å²) in [7, 11) is 0. The van der Waals surface area contributed by atoms with Gasteiger partial charge in [-0.2, -0.15) is 0 Å². The van der Waals surface area contributed by atoms with Gasteiger partial charge < -0.3 is 4.74 Å². The Balaban J connectivity index is 2.23. The SMILES string of the molecule is CCCCCCOc1cccc(Br)c1C(=O)c1ccc(Br)cc1F. The summed E-state index contributed by atoms with van der Waals surface area (Å²) in [6.45, 7) is 2.69. The first-order valence-electron chi connectivity index (χ1n) is 7.95. The number of ether oxygens (including phenoxy) is 1. The number of hydrogen-bond acceptors (Lipinski definition) is 2. The maximum Gasteiger partial charge on any atom is 0.200 e. The molecule has 0 N–H and O–H groups in total. The molecule has 0 atom stereocenters. The van der Waals surface area contributed by atoms with Crippen molar-refractivity contribution in [3.63, 3.8) is 0 Å². The molecule has 5 heteroatoms. The molecule has 128 valence electrons. The molecule has 2 aromatic rings. The first-order chi connectivity index (χ1) is 11.5. The van der Waals surface area contributed by atoms with Crippen LogP contribution in [0.5, 0.6) is 5.75 Å². The van der Waals surface area contributed by atoms with E-state index in [1.54, 1.807) is 24.3 Å². The zero-order valence-electron chi connectivity index (χ0n) is 13.5. The second kappa shape index (κ2) is 9.33. The molecule has 0 aliphatic heterocycles. The molecule has 0 amide bonds. The van der Waals surface area contributed by atoms with Gasteiger partial charge in [0.2, 0.25) is 5.78 Å². The Hall–Kier alpha value is -1.20. The van der Waals surface area contributed by atoms with Crippen LogP contribution in [0.4, 0.5) is 4.39 Å². The first kappa shape index (κ1) is 19.1. The lowest BCUT2D eigenvalue weighted by Gasteiger charge is -2.13. The number of halogens is 3. The quantitative estimate of drug-likeness (QED) is 0.332. The molecule has 0 aliphatic carbocycles. The summed E-state index contributed by atoms with van der Waals surface area (Å²) in [6, 6.07) is 9.72. The molecule has 0 unspecified atom stereocenters. The molecule has 2 rings (SSSR count). The maximum atomic E-state index is 14.1. The second-order valence-electron chi connectivity index (χ2n) is 5.48. The molecule has 0 saturated carbocycles. The van der Waals surface area contributed by atoms with E-state index in [2.05, 4.69) is 38.8 Å². The van der Waals surface area contributed by atoms with Crippen LogP contribution in [0.1, 0.15) is 48.5 Å². The number of carbonyl (C=O) groups excluding carboxylic acids is 1. The number of rotatable bonds is 8. The third kappa shape index (κ3) is 4.90. The van der Waals surface area contributed by atoms with E-state index in [0.717, 1.165) is 25.7 Å². The Morgan fingerprint density at radius 1 is 1.12 bits per heavy atom. The number of hydrogen-bond donors (Lipinski definition) is 0. The topological polar surface area (TPSA) is 26.3 Å². The Kier molecular flexibility index (Phi) is 7.43. The highest BCUT2D eigenvalue weighted by atomic mass is 79.9. The summed E-state index contributed by atoms with van der Waals surface area (Å²) in [6.07, 6.45) is 4.34. The summed E-state index contributed by atoms with van der Waals surface area (Å²) in [5.74, 6) is -0.469. The Morgan fingerprint density at radius 2 is 1.92 bits per heavy atom. The maximum absolute atomic E-state index is 14.1. The van der Waals surface area contributed by atoms with Gasteiger partial charge in [-0.15, -0.1) is 0 Å². The van der Waals surface area contributed by atoms with Crippen molar-refractivity contribution < 1.29 is 13.9 Å². The molecule has 0 aromatic heterocycles. The van der Waals surface area contributed by atoms with Crippen LogP contribution < -0.4 is 4.74 Å². The van der Waals surface area contributed by atoms with Crippen molar-refractivity contribution in [3.8, 4) is 5.75 Å². The fourth-order valence-corrected chi connectivity index (χ4v) is 3.23. The predicted molar refractivity (Wildman–Crippen MR) is 101 cm³/mol. The van der Waals surface area contributed by atoms with E-state index in [4.69, 9.17) is 4.74 Å². The van der Waals surface area contributed by atoms with Crippen LogP contribution in [-0.2, 0) is 0 Å². The zero-order valence-corrected chi connectivity index (χ0v) is 16.6. The summed E-state index contributed by atoms with van der Waals surface area (Å²) < 4.78 is 21.1. The average Bonchev–Trinajstić information content (AvgIpc) is 2.54. The van der Waals surface area contributed by atoms with Crippen molar-refractivity contribution in [2.24, 2.45) is 0 Å². The lowest BCUT2D eigenvalue weighted by Crippen LogP contribution is -2.09. The van der Waals surface area contributed by atoms with E-state index < -0.39 is 11.6 Å². The fourth-order valence-electron chi connectivity index (χ4n) is 2.36. The first-order valence-corrected chi connectivity index (χ1v) is 9.54. The molecule has 0 saturated heterocycles. The molecule has 0 radical (unpaired) electrons. The molecule has 2 aromatic carbocycles. The van der Waals surface area contributed by atoms with Gasteiger partial charge in [0.1, 0.15) is 11.6 Å². The van der Waals surface area contributed by atoms with Gasteiger partial charge in [-0.25, -0.2) is 4.39 Å². The summed E-state index contributed by atoms with van der Waals surface area (Å²) in [4.78, 5) is 12.8. The smallest absolute Gasteiger partial charge is 0.200 e. The van der Waals surface area contributed by atoms with E-state index in [1.807, 2.05) is 0 Å². The Morgan fingerprint density at radius 3 is 2.62 bits per heavy atom. The Labute approximate surface area is 158 Å². The highest BCUT2D eigenvalue weighted by Gasteiger charge is 2.21. The molecule has 0 bridgehead atoms. The molecule has 0 heterocycles. The van der Waals surface area contributed by atoms with Crippen LogP contribution in [-0.4, -0.2) is 12.4 Å². The lowest BCUT2D eigenvalue weighted by molar-refractivity contribution is 0.103. The normalized spacial score (nSPS) is 10.7. The summed E-state index contributed by atoms with van der Waals surface area (Å²) >= 11 is 6.59. The molecular formula is C19H19Br2FO2. The van der Waals surface area contributed by atoms with Crippen molar-refractivity contribution in [2.45, 2.75) is 32.6 Å². The van der Waals surface area contributed by atoms with Gasteiger partial charge in [-0.3, -0.25) is 4.79 Å². The Bertz CT molecular complexity index is 717. The highest BCUT2D eigenvalue weighted by molar-refractivity contribution is 9.10. The lowest BCUT2D eigenvalue weighted by atomic mass is 10.0. The average molecular weight is 458 g/mol. The van der Waals surface area contributed by atoms with Crippen LogP contribution >= 0.6 is 31.9 Å². The minimum Gasteiger partial charge on any atom is -0.493 e. The van der Waals surface area contributed by atoms with E-state index in [1.165, 1.54) is 12.1 Å². The minimum atomic E-state index is -0.556. The van der Waals surface area contributed by atoms with Crippen LogP contribution in [0, 0.1) is 5.82 Å². The van der Waals surface area contributed by atoms with Crippen molar-refractivity contribution in [2.75, 3.05) is 6.61 Å². The van der Waals surface area contributed by atoms with Crippen molar-refractivity contribution >= 4 is 37.6 Å².